The molecule has 44 heavy (non-hydrogen) atoms. The zero-order valence-electron chi connectivity index (χ0n) is 24.8. The predicted octanol–water partition coefficient (Wildman–Crippen LogP) is 7.14. The molecular weight excluding hydrogens is 578 g/mol. The molecule has 10 heteroatoms. The van der Waals surface area contributed by atoms with E-state index in [4.69, 9.17) is 23.7 Å². The molecule has 0 amide bonds. The molecule has 0 radical (unpaired) electrons. The van der Waals surface area contributed by atoms with Gasteiger partial charge in [0.25, 0.3) is 0 Å². The van der Waals surface area contributed by atoms with Crippen LogP contribution in [-0.4, -0.2) is 47.2 Å². The first kappa shape index (κ1) is 29.0. The van der Waals surface area contributed by atoms with Crippen LogP contribution in [0.5, 0.6) is 23.0 Å². The number of benzene rings is 4. The number of hydrogen-bond donors (Lipinski definition) is 0. The van der Waals surface area contributed by atoms with E-state index in [0.717, 1.165) is 33.1 Å². The summed E-state index contributed by atoms with van der Waals surface area (Å²) in [5.74, 6) is 1.63. The smallest absolute Gasteiger partial charge is 0.355 e. The maximum atomic E-state index is 13.8. The SMILES string of the molecule is CCOC(=O)c1c(-c2cc(OC)c(OC)c(OC)c2)c2ccc(OCc3ccccc3)cc2n1Cc1ccc2nsnc2c1. The van der Waals surface area contributed by atoms with Gasteiger partial charge in [-0.2, -0.15) is 8.75 Å². The monoisotopic (exact) mass is 609 g/mol. The summed E-state index contributed by atoms with van der Waals surface area (Å²) in [6.45, 7) is 2.80. The molecule has 0 unspecified atom stereocenters. The van der Waals surface area contributed by atoms with Gasteiger partial charge in [0.2, 0.25) is 5.75 Å². The van der Waals surface area contributed by atoms with Crippen LogP contribution in [0.1, 0.15) is 28.5 Å². The molecule has 2 heterocycles. The number of carbonyl (C=O) groups excluding carboxylic acids is 1. The first-order chi connectivity index (χ1) is 21.5. The summed E-state index contributed by atoms with van der Waals surface area (Å²) in [6.07, 6.45) is 0. The standard InChI is InChI=1S/C34H31N3O6S/c1-5-42-34(38)32-31(23-16-29(39-2)33(41-4)30(17-23)40-3)25-13-12-24(43-20-21-9-7-6-8-10-21)18-28(25)37(32)19-22-11-14-26-27(15-22)36-44-35-26/h6-18H,5,19-20H2,1-4H3. The zero-order valence-corrected chi connectivity index (χ0v) is 25.6. The van der Waals surface area contributed by atoms with Gasteiger partial charge in [-0.15, -0.1) is 0 Å². The summed E-state index contributed by atoms with van der Waals surface area (Å²) in [6, 6.07) is 25.5. The minimum Gasteiger partial charge on any atom is -0.493 e. The topological polar surface area (TPSA) is 93.9 Å². The van der Waals surface area contributed by atoms with Gasteiger partial charge in [-0.1, -0.05) is 36.4 Å². The molecule has 6 aromatic rings. The number of aromatic nitrogens is 3. The molecule has 224 valence electrons. The summed E-state index contributed by atoms with van der Waals surface area (Å²) < 4.78 is 39.5. The highest BCUT2D eigenvalue weighted by Gasteiger charge is 2.27. The summed E-state index contributed by atoms with van der Waals surface area (Å²) >= 11 is 1.17. The molecule has 6 rings (SSSR count). The number of nitrogens with zero attached hydrogens (tertiary/aromatic N) is 3. The summed E-state index contributed by atoms with van der Waals surface area (Å²) in [4.78, 5) is 13.8. The molecule has 0 N–H and O–H groups in total. The van der Waals surface area contributed by atoms with Crippen molar-refractivity contribution in [2.45, 2.75) is 20.1 Å². The van der Waals surface area contributed by atoms with Crippen LogP contribution in [0.2, 0.25) is 0 Å². The van der Waals surface area contributed by atoms with Crippen molar-refractivity contribution in [2.75, 3.05) is 27.9 Å². The van der Waals surface area contributed by atoms with Crippen LogP contribution < -0.4 is 18.9 Å². The Morgan fingerprint density at radius 3 is 2.27 bits per heavy atom. The van der Waals surface area contributed by atoms with Crippen molar-refractivity contribution in [1.82, 2.24) is 13.3 Å². The Morgan fingerprint density at radius 1 is 0.818 bits per heavy atom. The molecule has 0 aliphatic carbocycles. The molecule has 0 bridgehead atoms. The number of hydrogen-bond acceptors (Lipinski definition) is 9. The van der Waals surface area contributed by atoms with Gasteiger partial charge in [0.1, 0.15) is 29.1 Å². The first-order valence-electron chi connectivity index (χ1n) is 14.1. The Bertz CT molecular complexity index is 1920. The predicted molar refractivity (Wildman–Crippen MR) is 170 cm³/mol. The fourth-order valence-corrected chi connectivity index (χ4v) is 5.88. The quantitative estimate of drug-likeness (QED) is 0.143. The largest absolute Gasteiger partial charge is 0.493 e. The van der Waals surface area contributed by atoms with Crippen LogP contribution in [0, 0.1) is 0 Å². The Kier molecular flexibility index (Phi) is 8.33. The Balaban J connectivity index is 1.58. The molecule has 4 aromatic carbocycles. The van der Waals surface area contributed by atoms with E-state index in [0.29, 0.717) is 53.0 Å². The highest BCUT2D eigenvalue weighted by atomic mass is 32.1. The van der Waals surface area contributed by atoms with Gasteiger partial charge in [0.05, 0.1) is 45.2 Å². The molecule has 0 aliphatic rings. The summed E-state index contributed by atoms with van der Waals surface area (Å²) in [5.41, 5.74) is 6.24. The molecule has 0 saturated carbocycles. The van der Waals surface area contributed by atoms with Gasteiger partial charge < -0.3 is 28.3 Å². The van der Waals surface area contributed by atoms with Crippen LogP contribution >= 0.6 is 11.7 Å². The van der Waals surface area contributed by atoms with E-state index in [1.165, 1.54) is 11.7 Å². The number of methoxy groups -OCH3 is 3. The van der Waals surface area contributed by atoms with Crippen molar-refractivity contribution >= 4 is 39.6 Å². The van der Waals surface area contributed by atoms with E-state index >= 15 is 0 Å². The van der Waals surface area contributed by atoms with Crippen molar-refractivity contribution in [3.8, 4) is 34.1 Å². The first-order valence-corrected chi connectivity index (χ1v) is 14.8. The maximum Gasteiger partial charge on any atom is 0.355 e. The zero-order chi connectivity index (χ0) is 30.6. The van der Waals surface area contributed by atoms with Crippen molar-refractivity contribution in [1.29, 1.82) is 0 Å². The normalized spacial score (nSPS) is 11.1. The van der Waals surface area contributed by atoms with E-state index in [1.54, 1.807) is 28.3 Å². The number of rotatable bonds is 11. The van der Waals surface area contributed by atoms with Crippen LogP contribution in [0.4, 0.5) is 0 Å². The number of carbonyl (C=O) groups is 1. The van der Waals surface area contributed by atoms with Crippen LogP contribution in [-0.2, 0) is 17.9 Å². The second-order valence-electron chi connectivity index (χ2n) is 9.98. The fraction of sp³-hybridized carbons (Fsp3) is 0.206. The average Bonchev–Trinajstić information content (AvgIpc) is 3.65. The van der Waals surface area contributed by atoms with Gasteiger partial charge in [-0.25, -0.2) is 4.79 Å². The van der Waals surface area contributed by atoms with Gasteiger partial charge in [-0.05, 0) is 60.0 Å². The van der Waals surface area contributed by atoms with Crippen LogP contribution in [0.3, 0.4) is 0 Å². The third-order valence-electron chi connectivity index (χ3n) is 7.37. The van der Waals surface area contributed by atoms with Crippen molar-refractivity contribution in [3.63, 3.8) is 0 Å². The van der Waals surface area contributed by atoms with Gasteiger partial charge >= 0.3 is 5.97 Å². The van der Waals surface area contributed by atoms with Crippen molar-refractivity contribution in [2.24, 2.45) is 0 Å². The van der Waals surface area contributed by atoms with Crippen LogP contribution in [0.15, 0.2) is 78.9 Å². The van der Waals surface area contributed by atoms with Crippen molar-refractivity contribution < 1.29 is 28.5 Å². The second kappa shape index (κ2) is 12.6. The molecule has 0 spiro atoms. The Morgan fingerprint density at radius 2 is 1.57 bits per heavy atom. The minimum absolute atomic E-state index is 0.219. The van der Waals surface area contributed by atoms with Gasteiger partial charge in [0, 0.05) is 23.6 Å². The molecule has 0 fully saturated rings. The lowest BCUT2D eigenvalue weighted by Gasteiger charge is -2.15. The minimum atomic E-state index is -0.449. The van der Waals surface area contributed by atoms with E-state index in [2.05, 4.69) is 8.75 Å². The van der Waals surface area contributed by atoms with Crippen molar-refractivity contribution in [3.05, 3.63) is 95.7 Å². The number of ether oxygens (including phenoxy) is 5. The Hall–Kier alpha value is -5.09. The third kappa shape index (κ3) is 5.51. The maximum absolute atomic E-state index is 13.8. The fourth-order valence-electron chi connectivity index (χ4n) is 5.36. The highest BCUT2D eigenvalue weighted by Crippen LogP contribution is 2.45. The molecular formula is C34H31N3O6S. The lowest BCUT2D eigenvalue weighted by molar-refractivity contribution is 0.0516. The third-order valence-corrected chi connectivity index (χ3v) is 7.92. The van der Waals surface area contributed by atoms with E-state index in [-0.39, 0.29) is 6.61 Å². The Labute approximate surface area is 258 Å². The summed E-state index contributed by atoms with van der Waals surface area (Å²) in [7, 11) is 4.69. The second-order valence-corrected chi connectivity index (χ2v) is 10.5. The summed E-state index contributed by atoms with van der Waals surface area (Å²) in [5, 5.41) is 0.839. The van der Waals surface area contributed by atoms with E-state index < -0.39 is 5.97 Å². The van der Waals surface area contributed by atoms with Gasteiger partial charge in [0.15, 0.2) is 11.5 Å². The lowest BCUT2D eigenvalue weighted by Crippen LogP contribution is -2.14. The van der Waals surface area contributed by atoms with Gasteiger partial charge in [-0.3, -0.25) is 0 Å². The van der Waals surface area contributed by atoms with E-state index in [1.807, 2.05) is 83.4 Å². The molecule has 0 saturated heterocycles. The molecule has 9 nitrogen and oxygen atoms in total. The molecule has 2 aromatic heterocycles. The van der Waals surface area contributed by atoms with Crippen LogP contribution in [0.25, 0.3) is 33.1 Å². The van der Waals surface area contributed by atoms with E-state index in [9.17, 15) is 4.79 Å². The highest BCUT2D eigenvalue weighted by molar-refractivity contribution is 7.00. The average molecular weight is 610 g/mol. The lowest BCUT2D eigenvalue weighted by atomic mass is 10.0. The number of esters is 1. The molecule has 0 aliphatic heterocycles. The molecule has 0 atom stereocenters. The number of fused-ring (bicyclic) bond motifs is 2.